The van der Waals surface area contributed by atoms with E-state index in [0.29, 0.717) is 42.2 Å². The molecule has 5 rings (SSSR count). The maximum absolute atomic E-state index is 14.1. The van der Waals surface area contributed by atoms with Crippen molar-refractivity contribution in [2.45, 2.75) is 45.6 Å². The summed E-state index contributed by atoms with van der Waals surface area (Å²) in [6, 6.07) is 24.4. The first-order chi connectivity index (χ1) is 23.5. The molecule has 11 nitrogen and oxygen atoms in total. The molecule has 2 aromatic carbocycles. The zero-order valence-corrected chi connectivity index (χ0v) is 29.1. The van der Waals surface area contributed by atoms with E-state index in [2.05, 4.69) is 17.2 Å². The average molecular weight is 665 g/mol. The first-order valence-electron chi connectivity index (χ1n) is 16.4. The molecule has 0 aliphatic heterocycles. The van der Waals surface area contributed by atoms with Gasteiger partial charge in [0.05, 0.1) is 17.8 Å². The number of ether oxygens (including phenoxy) is 2. The molecule has 5 aromatic rings. The van der Waals surface area contributed by atoms with Gasteiger partial charge in [-0.15, -0.1) is 0 Å². The van der Waals surface area contributed by atoms with Gasteiger partial charge in [-0.2, -0.15) is 0 Å². The molecule has 3 aromatic heterocycles. The number of hydrogen-bond acceptors (Lipinski definition) is 8. The molecule has 0 aliphatic rings. The average Bonchev–Trinajstić information content (AvgIpc) is 3.70. The number of fused-ring (bicyclic) bond motifs is 1. The molecule has 0 saturated heterocycles. The van der Waals surface area contributed by atoms with E-state index in [4.69, 9.17) is 23.9 Å². The van der Waals surface area contributed by atoms with Crippen LogP contribution in [-0.2, 0) is 17.6 Å². The number of amides is 2. The lowest BCUT2D eigenvalue weighted by molar-refractivity contribution is 0.0283. The molecule has 0 bridgehead atoms. The molecule has 256 valence electrons. The maximum atomic E-state index is 14.1. The number of imidazole rings is 1. The van der Waals surface area contributed by atoms with Crippen LogP contribution >= 0.6 is 0 Å². The van der Waals surface area contributed by atoms with Gasteiger partial charge in [-0.25, -0.2) is 19.6 Å². The Bertz CT molecular complexity index is 1810. The molecule has 2 amide bonds. The van der Waals surface area contributed by atoms with E-state index < -0.39 is 17.8 Å². The smallest absolute Gasteiger partial charge is 0.416 e. The molecule has 0 atom stereocenters. The van der Waals surface area contributed by atoms with Crippen LogP contribution in [0.3, 0.4) is 0 Å². The van der Waals surface area contributed by atoms with E-state index in [1.54, 1.807) is 18.0 Å². The van der Waals surface area contributed by atoms with E-state index in [9.17, 15) is 9.59 Å². The predicted octanol–water partition coefficient (Wildman–Crippen LogP) is 6.39. The molecule has 49 heavy (non-hydrogen) atoms. The molecule has 0 spiro atoms. The van der Waals surface area contributed by atoms with Crippen LogP contribution in [0.5, 0.6) is 5.88 Å². The van der Waals surface area contributed by atoms with Gasteiger partial charge in [-0.05, 0) is 59.5 Å². The van der Waals surface area contributed by atoms with Crippen molar-refractivity contribution >= 4 is 17.8 Å². The van der Waals surface area contributed by atoms with Crippen LogP contribution in [0.25, 0.3) is 16.9 Å². The van der Waals surface area contributed by atoms with Gasteiger partial charge in [0.2, 0.25) is 5.88 Å². The van der Waals surface area contributed by atoms with Crippen molar-refractivity contribution in [3.63, 3.8) is 0 Å². The minimum absolute atomic E-state index is 0.242. The highest BCUT2D eigenvalue weighted by Crippen LogP contribution is 2.30. The Hall–Kier alpha value is -5.34. The van der Waals surface area contributed by atoms with Gasteiger partial charge < -0.3 is 28.6 Å². The summed E-state index contributed by atoms with van der Waals surface area (Å²) in [6.07, 6.45) is 4.92. The third-order valence-corrected chi connectivity index (χ3v) is 7.69. The highest BCUT2D eigenvalue weighted by Gasteiger charge is 2.26. The van der Waals surface area contributed by atoms with Gasteiger partial charge in [0.25, 0.3) is 0 Å². The molecule has 3 heterocycles. The summed E-state index contributed by atoms with van der Waals surface area (Å²) in [7, 11) is 5.63. The van der Waals surface area contributed by atoms with E-state index in [1.807, 2.05) is 106 Å². The zero-order valence-electron chi connectivity index (χ0n) is 29.1. The van der Waals surface area contributed by atoms with E-state index in [-0.39, 0.29) is 25.4 Å². The summed E-state index contributed by atoms with van der Waals surface area (Å²) < 4.78 is 19.1. The van der Waals surface area contributed by atoms with Gasteiger partial charge in [-0.1, -0.05) is 60.7 Å². The normalized spacial score (nSPS) is 11.4. The van der Waals surface area contributed by atoms with Gasteiger partial charge >= 0.3 is 12.2 Å². The highest BCUT2D eigenvalue weighted by molar-refractivity contribution is 5.72. The summed E-state index contributed by atoms with van der Waals surface area (Å²) in [5.74, 6) is 0.840. The van der Waals surface area contributed by atoms with Crippen LogP contribution in [0.4, 0.5) is 9.59 Å². The Balaban J connectivity index is 1.53. The second-order valence-electron chi connectivity index (χ2n) is 13.2. The molecule has 11 heteroatoms. The lowest BCUT2D eigenvalue weighted by Gasteiger charge is -2.27. The van der Waals surface area contributed by atoms with Crippen molar-refractivity contribution < 1.29 is 23.5 Å². The summed E-state index contributed by atoms with van der Waals surface area (Å²) in [5, 5.41) is 0. The van der Waals surface area contributed by atoms with Crippen LogP contribution in [0.2, 0.25) is 0 Å². The van der Waals surface area contributed by atoms with Crippen molar-refractivity contribution in [1.29, 1.82) is 0 Å². The van der Waals surface area contributed by atoms with Crippen LogP contribution in [0.1, 0.15) is 49.9 Å². The van der Waals surface area contributed by atoms with Crippen LogP contribution in [0.15, 0.2) is 77.3 Å². The van der Waals surface area contributed by atoms with Crippen molar-refractivity contribution in [2.24, 2.45) is 0 Å². The van der Waals surface area contributed by atoms with Gasteiger partial charge in [0.1, 0.15) is 23.3 Å². The van der Waals surface area contributed by atoms with Crippen molar-refractivity contribution in [1.82, 2.24) is 29.1 Å². The van der Waals surface area contributed by atoms with Crippen molar-refractivity contribution in [3.8, 4) is 17.1 Å². The monoisotopic (exact) mass is 664 g/mol. The van der Waals surface area contributed by atoms with Crippen LogP contribution in [-0.4, -0.2) is 94.2 Å². The number of carbonyl (C=O) groups is 2. The van der Waals surface area contributed by atoms with Crippen molar-refractivity contribution in [2.75, 3.05) is 47.3 Å². The Morgan fingerprint density at radius 2 is 1.57 bits per heavy atom. The molecular formula is C38H44N6O5. The van der Waals surface area contributed by atoms with Crippen molar-refractivity contribution in [3.05, 3.63) is 108 Å². The minimum Gasteiger partial charge on any atom is -0.444 e. The molecule has 0 unspecified atom stereocenters. The highest BCUT2D eigenvalue weighted by atomic mass is 16.6. The van der Waals surface area contributed by atoms with E-state index in [1.165, 1.54) is 4.90 Å². The number of likely N-dealkylation sites (N-methyl/N-ethyl adjacent to an activating group) is 1. The lowest BCUT2D eigenvalue weighted by atomic mass is 10.1. The maximum Gasteiger partial charge on any atom is 0.416 e. The fraction of sp³-hybridized carbons (Fsp3) is 0.368. The predicted molar refractivity (Wildman–Crippen MR) is 186 cm³/mol. The fourth-order valence-corrected chi connectivity index (χ4v) is 5.22. The third kappa shape index (κ3) is 9.61. The summed E-state index contributed by atoms with van der Waals surface area (Å²) >= 11 is 0. The van der Waals surface area contributed by atoms with Crippen LogP contribution in [0, 0.1) is 12.3 Å². The van der Waals surface area contributed by atoms with E-state index in [0.717, 1.165) is 23.4 Å². The lowest BCUT2D eigenvalue weighted by Crippen LogP contribution is -2.43. The van der Waals surface area contributed by atoms with E-state index >= 15 is 0 Å². The summed E-state index contributed by atoms with van der Waals surface area (Å²) in [5.41, 5.74) is 3.87. The topological polar surface area (TPSA) is 106 Å². The van der Waals surface area contributed by atoms with Gasteiger partial charge in [0, 0.05) is 50.9 Å². The fourth-order valence-electron chi connectivity index (χ4n) is 5.22. The molecule has 0 N–H and O–H groups in total. The molecule has 0 fully saturated rings. The summed E-state index contributed by atoms with van der Waals surface area (Å²) in [6.45, 7) is 7.15. The van der Waals surface area contributed by atoms with Gasteiger partial charge in [0.15, 0.2) is 5.65 Å². The number of aromatic nitrogens is 3. The number of nitrogens with zero attached hydrogens (tertiary/aromatic N) is 6. The molecule has 0 radical (unpaired) electrons. The second kappa shape index (κ2) is 15.7. The Kier molecular flexibility index (Phi) is 11.2. The SMILES string of the molecule is CN(C)CCCN(CCN(C)C(=O)OC(C)(C)C)C(=O)Oc1c(Cc2cc#co2)nc2c(Cc3ccccc3)nc(-c3ccccc3)cn12. The minimum atomic E-state index is -0.633. The Morgan fingerprint density at radius 3 is 2.22 bits per heavy atom. The quantitative estimate of drug-likeness (QED) is 0.143. The number of rotatable bonds is 13. The molecule has 0 saturated carbocycles. The zero-order chi connectivity index (χ0) is 35.0. The third-order valence-electron chi connectivity index (χ3n) is 7.69. The molecule has 0 aliphatic carbocycles. The first kappa shape index (κ1) is 35.0. The Morgan fingerprint density at radius 1 is 0.857 bits per heavy atom. The largest absolute Gasteiger partial charge is 0.444 e. The number of hydrogen-bond donors (Lipinski definition) is 0. The van der Waals surface area contributed by atoms with Crippen LogP contribution < -0.4 is 4.74 Å². The number of carbonyl (C=O) groups excluding carboxylic acids is 2. The van der Waals surface area contributed by atoms with Gasteiger partial charge in [-0.3, -0.25) is 4.40 Å². The standard InChI is InChI=1S/C38H44N6O5/c1-38(2,3)49-36(45)42(6)22-23-43(21-14-20-41(4)5)37(46)48-35-32(26-30-19-13-24-47-30)40-34-31(25-28-15-9-7-10-16-28)39-33(27-44(34)35)29-17-11-8-12-18-29/h7-12,15-19,27H,14,20-23,25-26H2,1-6H3. The Labute approximate surface area is 288 Å². The number of benzene rings is 2. The molecular weight excluding hydrogens is 620 g/mol. The first-order valence-corrected chi connectivity index (χ1v) is 16.4. The second-order valence-corrected chi connectivity index (χ2v) is 13.2. The summed E-state index contributed by atoms with van der Waals surface area (Å²) in [4.78, 5) is 42.0.